The lowest BCUT2D eigenvalue weighted by molar-refractivity contribution is -0.132. The van der Waals surface area contributed by atoms with Gasteiger partial charge in [0.25, 0.3) is 0 Å². The van der Waals surface area contributed by atoms with E-state index < -0.39 is 0 Å². The van der Waals surface area contributed by atoms with Crippen molar-refractivity contribution < 1.29 is 9.53 Å². The van der Waals surface area contributed by atoms with Crippen LogP contribution in [-0.4, -0.2) is 31.0 Å². The van der Waals surface area contributed by atoms with Crippen molar-refractivity contribution in [1.29, 1.82) is 0 Å². The van der Waals surface area contributed by atoms with E-state index in [0.29, 0.717) is 12.3 Å². The van der Waals surface area contributed by atoms with Crippen LogP contribution in [0.5, 0.6) is 5.75 Å². The number of rotatable bonds is 4. The van der Waals surface area contributed by atoms with Crippen molar-refractivity contribution in [3.63, 3.8) is 0 Å². The number of carbonyl (C=O) groups is 1. The van der Waals surface area contributed by atoms with E-state index in [1.165, 1.54) is 6.42 Å². The van der Waals surface area contributed by atoms with Gasteiger partial charge in [0.1, 0.15) is 5.75 Å². The number of benzene rings is 1. The van der Waals surface area contributed by atoms with Crippen LogP contribution < -0.4 is 4.74 Å². The fourth-order valence-electron chi connectivity index (χ4n) is 2.72. The Balaban J connectivity index is 2.08. The lowest BCUT2D eigenvalue weighted by atomic mass is 9.99. The Kier molecular flexibility index (Phi) is 4.83. The molecule has 0 aromatic heterocycles. The summed E-state index contributed by atoms with van der Waals surface area (Å²) in [6.07, 6.45) is 4.52. The number of amides is 1. The zero-order chi connectivity index (χ0) is 14.5. The minimum absolute atomic E-state index is 0.196. The Morgan fingerprint density at radius 2 is 2.35 bits per heavy atom. The van der Waals surface area contributed by atoms with Crippen LogP contribution in [0.4, 0.5) is 0 Å². The predicted octanol–water partition coefficient (Wildman–Crippen LogP) is 3.14. The van der Waals surface area contributed by atoms with Crippen LogP contribution >= 0.6 is 0 Å². The van der Waals surface area contributed by atoms with Crippen molar-refractivity contribution in [1.82, 2.24) is 4.90 Å². The van der Waals surface area contributed by atoms with Gasteiger partial charge in [-0.2, -0.15) is 0 Å². The molecule has 3 heteroatoms. The minimum atomic E-state index is 0.196. The number of carbonyl (C=O) groups excluding carboxylic acids is 1. The van der Waals surface area contributed by atoms with Crippen LogP contribution in [0.3, 0.4) is 0 Å². The van der Waals surface area contributed by atoms with E-state index in [4.69, 9.17) is 4.74 Å². The largest absolute Gasteiger partial charge is 0.496 e. The van der Waals surface area contributed by atoms with Gasteiger partial charge in [-0.3, -0.25) is 4.79 Å². The number of likely N-dealkylation sites (tertiary alicyclic amines) is 1. The van der Waals surface area contributed by atoms with E-state index in [-0.39, 0.29) is 5.91 Å². The molecule has 1 amide bonds. The highest BCUT2D eigenvalue weighted by Gasteiger charge is 2.21. The van der Waals surface area contributed by atoms with E-state index in [9.17, 15) is 4.79 Å². The predicted molar refractivity (Wildman–Crippen MR) is 81.8 cm³/mol. The molecule has 108 valence electrons. The van der Waals surface area contributed by atoms with Gasteiger partial charge in [-0.15, -0.1) is 0 Å². The molecule has 1 aromatic rings. The third-order valence-electron chi connectivity index (χ3n) is 3.90. The van der Waals surface area contributed by atoms with E-state index in [2.05, 4.69) is 13.5 Å². The summed E-state index contributed by atoms with van der Waals surface area (Å²) in [6, 6.07) is 5.85. The second-order valence-corrected chi connectivity index (χ2v) is 5.54. The second-order valence-electron chi connectivity index (χ2n) is 5.54. The number of ether oxygens (including phenoxy) is 1. The molecule has 1 atom stereocenters. The van der Waals surface area contributed by atoms with Gasteiger partial charge in [-0.05, 0) is 30.4 Å². The van der Waals surface area contributed by atoms with Gasteiger partial charge in [0.2, 0.25) is 5.91 Å². The molecule has 0 radical (unpaired) electrons. The summed E-state index contributed by atoms with van der Waals surface area (Å²) in [4.78, 5) is 14.4. The van der Waals surface area contributed by atoms with Crippen LogP contribution in [-0.2, 0) is 11.2 Å². The van der Waals surface area contributed by atoms with Crippen molar-refractivity contribution in [3.8, 4) is 5.75 Å². The molecule has 0 N–H and O–H groups in total. The summed E-state index contributed by atoms with van der Waals surface area (Å²) < 4.78 is 5.38. The maximum atomic E-state index is 12.4. The number of nitrogens with zero attached hydrogens (tertiary/aromatic N) is 1. The van der Waals surface area contributed by atoms with Crippen molar-refractivity contribution in [2.24, 2.45) is 5.92 Å². The van der Waals surface area contributed by atoms with Crippen molar-refractivity contribution >= 4 is 12.0 Å². The topological polar surface area (TPSA) is 29.5 Å². The summed E-state index contributed by atoms with van der Waals surface area (Å²) in [7, 11) is 1.64. The normalized spacial score (nSPS) is 18.7. The van der Waals surface area contributed by atoms with Gasteiger partial charge < -0.3 is 9.64 Å². The number of piperidine rings is 1. The molecule has 1 unspecified atom stereocenters. The van der Waals surface area contributed by atoms with Gasteiger partial charge >= 0.3 is 0 Å². The van der Waals surface area contributed by atoms with Gasteiger partial charge in [0, 0.05) is 18.7 Å². The molecule has 2 rings (SSSR count). The number of hydrogen-bond donors (Lipinski definition) is 0. The average Bonchev–Trinajstić information content (AvgIpc) is 2.47. The SMILES string of the molecule is C=Cc1ccc(CC(=O)N2CCCC(C)C2)c(OC)c1. The highest BCUT2D eigenvalue weighted by Crippen LogP contribution is 2.23. The van der Waals surface area contributed by atoms with Crippen LogP contribution in [0.1, 0.15) is 30.9 Å². The third kappa shape index (κ3) is 3.41. The maximum Gasteiger partial charge on any atom is 0.227 e. The zero-order valence-electron chi connectivity index (χ0n) is 12.4. The molecular weight excluding hydrogens is 250 g/mol. The van der Waals surface area contributed by atoms with E-state index in [1.807, 2.05) is 23.1 Å². The van der Waals surface area contributed by atoms with Gasteiger partial charge in [0.05, 0.1) is 13.5 Å². The van der Waals surface area contributed by atoms with E-state index in [1.54, 1.807) is 13.2 Å². The molecule has 0 spiro atoms. The Hall–Kier alpha value is -1.77. The molecule has 0 aliphatic carbocycles. The summed E-state index contributed by atoms with van der Waals surface area (Å²) in [5, 5.41) is 0. The standard InChI is InChI=1S/C17H23NO2/c1-4-14-7-8-15(16(10-14)20-3)11-17(19)18-9-5-6-13(2)12-18/h4,7-8,10,13H,1,5-6,9,11-12H2,2-3H3. The first-order valence-electron chi connectivity index (χ1n) is 7.21. The van der Waals surface area contributed by atoms with Gasteiger partial charge in [-0.1, -0.05) is 31.7 Å². The van der Waals surface area contributed by atoms with Gasteiger partial charge in [-0.25, -0.2) is 0 Å². The maximum absolute atomic E-state index is 12.4. The van der Waals surface area contributed by atoms with Crippen LogP contribution in [0.25, 0.3) is 6.08 Å². The fourth-order valence-corrected chi connectivity index (χ4v) is 2.72. The lowest BCUT2D eigenvalue weighted by Crippen LogP contribution is -2.39. The Morgan fingerprint density at radius 3 is 3.00 bits per heavy atom. The first-order chi connectivity index (χ1) is 9.63. The first kappa shape index (κ1) is 14.6. The number of hydrogen-bond acceptors (Lipinski definition) is 2. The summed E-state index contributed by atoms with van der Waals surface area (Å²) in [6.45, 7) is 7.72. The number of methoxy groups -OCH3 is 1. The smallest absolute Gasteiger partial charge is 0.227 e. The Labute approximate surface area is 121 Å². The van der Waals surface area contributed by atoms with Gasteiger partial charge in [0.15, 0.2) is 0 Å². The summed E-state index contributed by atoms with van der Waals surface area (Å²) in [5.41, 5.74) is 1.95. The van der Waals surface area contributed by atoms with Crippen LogP contribution in [0, 0.1) is 5.92 Å². The zero-order valence-corrected chi connectivity index (χ0v) is 12.4. The van der Waals surface area contributed by atoms with Crippen LogP contribution in [0.2, 0.25) is 0 Å². The first-order valence-corrected chi connectivity index (χ1v) is 7.21. The highest BCUT2D eigenvalue weighted by atomic mass is 16.5. The molecule has 20 heavy (non-hydrogen) atoms. The molecule has 1 aliphatic rings. The lowest BCUT2D eigenvalue weighted by Gasteiger charge is -2.31. The van der Waals surface area contributed by atoms with Crippen molar-refractivity contribution in [3.05, 3.63) is 35.9 Å². The second kappa shape index (κ2) is 6.60. The molecule has 1 fully saturated rings. The molecule has 1 heterocycles. The molecule has 3 nitrogen and oxygen atoms in total. The van der Waals surface area contributed by atoms with E-state index in [0.717, 1.165) is 36.4 Å². The average molecular weight is 273 g/mol. The van der Waals surface area contributed by atoms with Crippen molar-refractivity contribution in [2.45, 2.75) is 26.2 Å². The molecular formula is C17H23NO2. The molecule has 1 saturated heterocycles. The minimum Gasteiger partial charge on any atom is -0.496 e. The quantitative estimate of drug-likeness (QED) is 0.843. The summed E-state index contributed by atoms with van der Waals surface area (Å²) >= 11 is 0. The fraction of sp³-hybridized carbons (Fsp3) is 0.471. The third-order valence-corrected chi connectivity index (χ3v) is 3.90. The molecule has 1 aliphatic heterocycles. The highest BCUT2D eigenvalue weighted by molar-refractivity contribution is 5.79. The Bertz CT molecular complexity index is 496. The monoisotopic (exact) mass is 273 g/mol. The molecule has 1 aromatic carbocycles. The van der Waals surface area contributed by atoms with E-state index >= 15 is 0 Å². The van der Waals surface area contributed by atoms with Crippen LogP contribution in [0.15, 0.2) is 24.8 Å². The summed E-state index contributed by atoms with van der Waals surface area (Å²) in [5.74, 6) is 1.57. The van der Waals surface area contributed by atoms with Crippen molar-refractivity contribution in [2.75, 3.05) is 20.2 Å². The molecule has 0 saturated carbocycles. The molecule has 0 bridgehead atoms. The Morgan fingerprint density at radius 1 is 1.55 bits per heavy atom.